The third-order valence-electron chi connectivity index (χ3n) is 4.35. The Morgan fingerprint density at radius 1 is 1.19 bits per heavy atom. The van der Waals surface area contributed by atoms with Crippen molar-refractivity contribution in [2.75, 3.05) is 7.11 Å². The van der Waals surface area contributed by atoms with E-state index in [0.29, 0.717) is 6.04 Å². The van der Waals surface area contributed by atoms with E-state index in [0.717, 1.165) is 18.7 Å². The van der Waals surface area contributed by atoms with E-state index in [9.17, 15) is 0 Å². The molecule has 21 heavy (non-hydrogen) atoms. The summed E-state index contributed by atoms with van der Waals surface area (Å²) in [5, 5.41) is 3.67. The molecule has 1 heterocycles. The Hall–Kier alpha value is -1.74. The average Bonchev–Trinajstić information content (AvgIpc) is 2.76. The zero-order chi connectivity index (χ0) is 15.4. The van der Waals surface area contributed by atoms with Crippen LogP contribution in [0.1, 0.15) is 41.9 Å². The van der Waals surface area contributed by atoms with Gasteiger partial charge in [0.1, 0.15) is 5.75 Å². The normalized spacial score (nSPS) is 12.4. The van der Waals surface area contributed by atoms with Gasteiger partial charge in [-0.3, -0.25) is 0 Å². The lowest BCUT2D eigenvalue weighted by molar-refractivity contribution is 0.414. The van der Waals surface area contributed by atoms with Crippen LogP contribution >= 0.6 is 0 Å². The topological polar surface area (TPSA) is 26.2 Å². The molecule has 0 aliphatic heterocycles. The molecule has 0 aliphatic carbocycles. The number of aromatic nitrogens is 1. The van der Waals surface area contributed by atoms with E-state index in [2.05, 4.69) is 55.9 Å². The molecule has 0 bridgehead atoms. The van der Waals surface area contributed by atoms with Gasteiger partial charge < -0.3 is 14.6 Å². The molecule has 2 rings (SSSR count). The van der Waals surface area contributed by atoms with Gasteiger partial charge in [-0.1, -0.05) is 19.1 Å². The SMILES string of the molecule is CCC(NCc1cc(C)n(C)c1C)c1ccc(OC)cc1. The molecule has 3 heteroatoms. The summed E-state index contributed by atoms with van der Waals surface area (Å²) in [6, 6.07) is 11.0. The van der Waals surface area contributed by atoms with Crippen LogP contribution < -0.4 is 10.1 Å². The first-order valence-electron chi connectivity index (χ1n) is 7.56. The fourth-order valence-corrected chi connectivity index (χ4v) is 2.68. The molecule has 3 nitrogen and oxygen atoms in total. The predicted molar refractivity (Wildman–Crippen MR) is 87.8 cm³/mol. The summed E-state index contributed by atoms with van der Waals surface area (Å²) >= 11 is 0. The first-order valence-corrected chi connectivity index (χ1v) is 7.56. The first-order chi connectivity index (χ1) is 10.1. The van der Waals surface area contributed by atoms with Crippen LogP contribution in [0.5, 0.6) is 5.75 Å². The fraction of sp³-hybridized carbons (Fsp3) is 0.444. The van der Waals surface area contributed by atoms with Crippen LogP contribution in [0.15, 0.2) is 30.3 Å². The van der Waals surface area contributed by atoms with Crippen molar-refractivity contribution >= 4 is 0 Å². The van der Waals surface area contributed by atoms with Crippen molar-refractivity contribution in [3.8, 4) is 5.75 Å². The molecular weight excluding hydrogens is 260 g/mol. The predicted octanol–water partition coefficient (Wildman–Crippen LogP) is 3.89. The molecule has 1 unspecified atom stereocenters. The summed E-state index contributed by atoms with van der Waals surface area (Å²) in [4.78, 5) is 0. The second-order valence-corrected chi connectivity index (χ2v) is 5.57. The van der Waals surface area contributed by atoms with Gasteiger partial charge in [-0.2, -0.15) is 0 Å². The maximum absolute atomic E-state index is 5.22. The molecule has 0 spiro atoms. The first kappa shape index (κ1) is 15.6. The minimum absolute atomic E-state index is 0.371. The van der Waals surface area contributed by atoms with Gasteiger partial charge in [0.05, 0.1) is 7.11 Å². The van der Waals surface area contributed by atoms with Crippen LogP contribution in [0.3, 0.4) is 0 Å². The second kappa shape index (κ2) is 6.81. The van der Waals surface area contributed by atoms with E-state index >= 15 is 0 Å². The molecule has 0 aliphatic rings. The van der Waals surface area contributed by atoms with Gasteiger partial charge in [0.25, 0.3) is 0 Å². The van der Waals surface area contributed by atoms with Crippen LogP contribution in [0, 0.1) is 13.8 Å². The van der Waals surface area contributed by atoms with Crippen LogP contribution in [0.4, 0.5) is 0 Å². The Morgan fingerprint density at radius 3 is 2.33 bits per heavy atom. The molecule has 1 atom stereocenters. The minimum atomic E-state index is 0.371. The van der Waals surface area contributed by atoms with Crippen molar-refractivity contribution in [1.29, 1.82) is 0 Å². The second-order valence-electron chi connectivity index (χ2n) is 5.57. The number of ether oxygens (including phenoxy) is 1. The largest absolute Gasteiger partial charge is 0.497 e. The number of hydrogen-bond donors (Lipinski definition) is 1. The molecule has 1 N–H and O–H groups in total. The van der Waals surface area contributed by atoms with Crippen molar-refractivity contribution < 1.29 is 4.74 Å². The Balaban J connectivity index is 2.06. The summed E-state index contributed by atoms with van der Waals surface area (Å²) in [7, 11) is 3.82. The summed E-state index contributed by atoms with van der Waals surface area (Å²) < 4.78 is 7.46. The fourth-order valence-electron chi connectivity index (χ4n) is 2.68. The molecule has 0 saturated heterocycles. The summed E-state index contributed by atoms with van der Waals surface area (Å²) in [5.74, 6) is 0.906. The minimum Gasteiger partial charge on any atom is -0.497 e. The highest BCUT2D eigenvalue weighted by atomic mass is 16.5. The lowest BCUT2D eigenvalue weighted by atomic mass is 10.0. The molecular formula is C18H26N2O. The van der Waals surface area contributed by atoms with Gasteiger partial charge in [-0.25, -0.2) is 0 Å². The van der Waals surface area contributed by atoms with Crippen LogP contribution in [-0.4, -0.2) is 11.7 Å². The van der Waals surface area contributed by atoms with Gasteiger partial charge in [0.2, 0.25) is 0 Å². The number of aryl methyl sites for hydroxylation is 1. The molecule has 1 aromatic carbocycles. The highest BCUT2D eigenvalue weighted by Gasteiger charge is 2.11. The Labute approximate surface area is 127 Å². The van der Waals surface area contributed by atoms with E-state index in [-0.39, 0.29) is 0 Å². The van der Waals surface area contributed by atoms with Gasteiger partial charge >= 0.3 is 0 Å². The van der Waals surface area contributed by atoms with Crippen molar-refractivity contribution in [3.05, 3.63) is 52.8 Å². The standard InChI is InChI=1S/C18H26N2O/c1-6-18(15-7-9-17(21-5)10-8-15)19-12-16-11-13(2)20(4)14(16)3/h7-11,18-19H,6,12H2,1-5H3. The van der Waals surface area contributed by atoms with Crippen molar-refractivity contribution in [1.82, 2.24) is 9.88 Å². The highest BCUT2D eigenvalue weighted by molar-refractivity contribution is 5.30. The zero-order valence-corrected chi connectivity index (χ0v) is 13.7. The maximum atomic E-state index is 5.22. The Kier molecular flexibility index (Phi) is 5.07. The van der Waals surface area contributed by atoms with Gasteiger partial charge in [-0.15, -0.1) is 0 Å². The van der Waals surface area contributed by atoms with Crippen molar-refractivity contribution in [2.24, 2.45) is 7.05 Å². The monoisotopic (exact) mass is 286 g/mol. The van der Waals surface area contributed by atoms with Gasteiger partial charge in [0.15, 0.2) is 0 Å². The summed E-state index contributed by atoms with van der Waals surface area (Å²) in [6.07, 6.45) is 1.07. The molecule has 0 amide bonds. The van der Waals surface area contributed by atoms with Crippen LogP contribution in [-0.2, 0) is 13.6 Å². The smallest absolute Gasteiger partial charge is 0.118 e. The number of nitrogens with zero attached hydrogens (tertiary/aromatic N) is 1. The van der Waals surface area contributed by atoms with E-state index in [1.165, 1.54) is 22.5 Å². The quantitative estimate of drug-likeness (QED) is 0.872. The van der Waals surface area contributed by atoms with E-state index < -0.39 is 0 Å². The van der Waals surface area contributed by atoms with Crippen LogP contribution in [0.25, 0.3) is 0 Å². The van der Waals surface area contributed by atoms with Gasteiger partial charge in [-0.05, 0) is 49.6 Å². The summed E-state index contributed by atoms with van der Waals surface area (Å²) in [6.45, 7) is 7.44. The van der Waals surface area contributed by atoms with Crippen molar-refractivity contribution in [3.63, 3.8) is 0 Å². The van der Waals surface area contributed by atoms with E-state index in [4.69, 9.17) is 4.74 Å². The third kappa shape index (κ3) is 3.48. The zero-order valence-electron chi connectivity index (χ0n) is 13.7. The molecule has 0 saturated carbocycles. The van der Waals surface area contributed by atoms with Crippen molar-refractivity contribution in [2.45, 2.75) is 39.8 Å². The van der Waals surface area contributed by atoms with E-state index in [1.807, 2.05) is 12.1 Å². The molecule has 2 aromatic rings. The van der Waals surface area contributed by atoms with Crippen LogP contribution in [0.2, 0.25) is 0 Å². The molecule has 0 fully saturated rings. The van der Waals surface area contributed by atoms with E-state index in [1.54, 1.807) is 7.11 Å². The highest BCUT2D eigenvalue weighted by Crippen LogP contribution is 2.21. The number of benzene rings is 1. The molecule has 114 valence electrons. The Bertz CT molecular complexity index is 584. The maximum Gasteiger partial charge on any atom is 0.118 e. The summed E-state index contributed by atoms with van der Waals surface area (Å²) in [5.41, 5.74) is 5.33. The lowest BCUT2D eigenvalue weighted by Gasteiger charge is -2.18. The number of rotatable bonds is 6. The number of hydrogen-bond acceptors (Lipinski definition) is 2. The lowest BCUT2D eigenvalue weighted by Crippen LogP contribution is -2.20. The Morgan fingerprint density at radius 2 is 1.86 bits per heavy atom. The number of nitrogens with one attached hydrogen (secondary N) is 1. The average molecular weight is 286 g/mol. The molecule has 0 radical (unpaired) electrons. The molecule has 1 aromatic heterocycles. The number of methoxy groups -OCH3 is 1. The third-order valence-corrected chi connectivity index (χ3v) is 4.35. The van der Waals surface area contributed by atoms with Gasteiger partial charge in [0, 0.05) is 31.0 Å².